The molecule has 4 heteroatoms. The number of thiophene rings is 1. The number of carbonyl (C=O) groups is 1. The van der Waals surface area contributed by atoms with E-state index in [9.17, 15) is 4.79 Å². The second-order valence-corrected chi connectivity index (χ2v) is 6.63. The number of nitrogens with zero attached hydrogens (tertiary/aromatic N) is 1. The lowest BCUT2D eigenvalue weighted by Crippen LogP contribution is -2.27. The molecule has 24 heavy (non-hydrogen) atoms. The molecule has 122 valence electrons. The molecular formula is C20H19NO2S. The van der Waals surface area contributed by atoms with Gasteiger partial charge in [0.1, 0.15) is 5.76 Å². The fourth-order valence-corrected chi connectivity index (χ4v) is 3.06. The number of hydrogen-bond acceptors (Lipinski definition) is 3. The van der Waals surface area contributed by atoms with Gasteiger partial charge in [0.2, 0.25) is 5.91 Å². The molecule has 2 heterocycles. The number of rotatable bonds is 6. The molecule has 0 N–H and O–H groups in total. The summed E-state index contributed by atoms with van der Waals surface area (Å²) in [5, 5.41) is 2.02. The zero-order valence-electron chi connectivity index (χ0n) is 13.5. The SMILES string of the molecule is Cc1ccc(/C=C/C(=O)N(Cc2ccco2)Cc2cccs2)cc1. The topological polar surface area (TPSA) is 33.5 Å². The molecule has 0 saturated carbocycles. The molecule has 3 rings (SSSR count). The Morgan fingerprint density at radius 2 is 1.96 bits per heavy atom. The Morgan fingerprint density at radius 1 is 1.12 bits per heavy atom. The van der Waals surface area contributed by atoms with Crippen LogP contribution < -0.4 is 0 Å². The molecule has 3 nitrogen and oxygen atoms in total. The predicted molar refractivity (Wildman–Crippen MR) is 97.5 cm³/mol. The largest absolute Gasteiger partial charge is 0.467 e. The summed E-state index contributed by atoms with van der Waals surface area (Å²) in [6.07, 6.45) is 5.11. The highest BCUT2D eigenvalue weighted by Gasteiger charge is 2.14. The average Bonchev–Trinajstić information content (AvgIpc) is 3.27. The highest BCUT2D eigenvalue weighted by Crippen LogP contribution is 2.16. The van der Waals surface area contributed by atoms with Crippen LogP contribution in [-0.4, -0.2) is 10.8 Å². The van der Waals surface area contributed by atoms with Gasteiger partial charge in [-0.25, -0.2) is 0 Å². The Morgan fingerprint density at radius 3 is 2.62 bits per heavy atom. The average molecular weight is 337 g/mol. The smallest absolute Gasteiger partial charge is 0.247 e. The third-order valence-corrected chi connectivity index (χ3v) is 4.52. The highest BCUT2D eigenvalue weighted by molar-refractivity contribution is 7.09. The summed E-state index contributed by atoms with van der Waals surface area (Å²) in [7, 11) is 0. The molecule has 0 bridgehead atoms. The van der Waals surface area contributed by atoms with Crippen molar-refractivity contribution in [2.24, 2.45) is 0 Å². The summed E-state index contributed by atoms with van der Waals surface area (Å²) in [5.41, 5.74) is 2.22. The lowest BCUT2D eigenvalue weighted by molar-refractivity contribution is -0.127. The van der Waals surface area contributed by atoms with Gasteiger partial charge in [-0.3, -0.25) is 4.79 Å². The van der Waals surface area contributed by atoms with E-state index in [4.69, 9.17) is 4.42 Å². The first kappa shape index (κ1) is 16.3. The van der Waals surface area contributed by atoms with Gasteiger partial charge in [0.15, 0.2) is 0 Å². The van der Waals surface area contributed by atoms with Crippen LogP contribution in [0, 0.1) is 6.92 Å². The number of amides is 1. The number of carbonyl (C=O) groups excluding carboxylic acids is 1. The Kier molecular flexibility index (Phi) is 5.29. The van der Waals surface area contributed by atoms with Gasteiger partial charge in [0.25, 0.3) is 0 Å². The molecule has 0 aliphatic carbocycles. The van der Waals surface area contributed by atoms with Crippen LogP contribution in [0.3, 0.4) is 0 Å². The van der Waals surface area contributed by atoms with Gasteiger partial charge in [-0.1, -0.05) is 35.9 Å². The molecule has 0 atom stereocenters. The Hall–Kier alpha value is -2.59. The normalized spacial score (nSPS) is 11.0. The van der Waals surface area contributed by atoms with Crippen molar-refractivity contribution in [3.63, 3.8) is 0 Å². The Labute approximate surface area is 145 Å². The van der Waals surface area contributed by atoms with E-state index in [1.165, 1.54) is 5.56 Å². The number of aryl methyl sites for hydroxylation is 1. The van der Waals surface area contributed by atoms with E-state index in [-0.39, 0.29) is 5.91 Å². The van der Waals surface area contributed by atoms with Crippen molar-refractivity contribution >= 4 is 23.3 Å². The fraction of sp³-hybridized carbons (Fsp3) is 0.150. The monoisotopic (exact) mass is 337 g/mol. The number of hydrogen-bond donors (Lipinski definition) is 0. The van der Waals surface area contributed by atoms with Crippen LogP contribution in [0.25, 0.3) is 6.08 Å². The second kappa shape index (κ2) is 7.79. The molecule has 0 radical (unpaired) electrons. The second-order valence-electron chi connectivity index (χ2n) is 5.60. The van der Waals surface area contributed by atoms with Crippen LogP contribution in [0.4, 0.5) is 0 Å². The minimum absolute atomic E-state index is 0.0274. The third-order valence-electron chi connectivity index (χ3n) is 3.66. The number of benzene rings is 1. The van der Waals surface area contributed by atoms with Gasteiger partial charge in [-0.05, 0) is 42.1 Å². The molecule has 0 spiro atoms. The maximum absolute atomic E-state index is 12.6. The Bertz CT molecular complexity index is 751. The van der Waals surface area contributed by atoms with Crippen molar-refractivity contribution in [2.75, 3.05) is 0 Å². The van der Waals surface area contributed by atoms with Crippen LogP contribution in [-0.2, 0) is 17.9 Å². The predicted octanol–water partition coefficient (Wildman–Crippen LogP) is 4.89. The first-order valence-corrected chi connectivity index (χ1v) is 8.67. The number of furan rings is 1. The molecule has 1 amide bonds. The van der Waals surface area contributed by atoms with E-state index in [1.54, 1.807) is 28.6 Å². The van der Waals surface area contributed by atoms with Gasteiger partial charge in [0, 0.05) is 11.0 Å². The van der Waals surface area contributed by atoms with Crippen LogP contribution in [0.1, 0.15) is 21.8 Å². The van der Waals surface area contributed by atoms with Crippen molar-refractivity contribution in [2.45, 2.75) is 20.0 Å². The highest BCUT2D eigenvalue weighted by atomic mass is 32.1. The van der Waals surface area contributed by atoms with Gasteiger partial charge in [0.05, 0.1) is 19.4 Å². The molecule has 0 aliphatic heterocycles. The first-order valence-electron chi connectivity index (χ1n) is 7.79. The minimum atomic E-state index is -0.0274. The zero-order chi connectivity index (χ0) is 16.8. The maximum Gasteiger partial charge on any atom is 0.247 e. The molecular weight excluding hydrogens is 318 g/mol. The summed E-state index contributed by atoms with van der Waals surface area (Å²) in [5.74, 6) is 0.754. The van der Waals surface area contributed by atoms with Gasteiger partial charge < -0.3 is 9.32 Å². The molecule has 0 unspecified atom stereocenters. The van der Waals surface area contributed by atoms with Crippen LogP contribution in [0.2, 0.25) is 0 Å². The summed E-state index contributed by atoms with van der Waals surface area (Å²) >= 11 is 1.65. The third kappa shape index (κ3) is 4.46. The molecule has 2 aromatic heterocycles. The van der Waals surface area contributed by atoms with E-state index in [0.29, 0.717) is 13.1 Å². The van der Waals surface area contributed by atoms with E-state index in [1.807, 2.05) is 66.9 Å². The Balaban J connectivity index is 1.73. The molecule has 0 saturated heterocycles. The van der Waals surface area contributed by atoms with Crippen molar-refractivity contribution < 1.29 is 9.21 Å². The van der Waals surface area contributed by atoms with E-state index < -0.39 is 0 Å². The van der Waals surface area contributed by atoms with Gasteiger partial charge in [-0.2, -0.15) is 0 Å². The summed E-state index contributed by atoms with van der Waals surface area (Å²) in [4.78, 5) is 15.6. The van der Waals surface area contributed by atoms with Crippen LogP contribution >= 0.6 is 11.3 Å². The maximum atomic E-state index is 12.6. The lowest BCUT2D eigenvalue weighted by Gasteiger charge is -2.19. The summed E-state index contributed by atoms with van der Waals surface area (Å²) < 4.78 is 5.39. The molecule has 1 aromatic carbocycles. The standard InChI is InChI=1S/C20H19NO2S/c1-16-6-8-17(9-7-16)10-11-20(22)21(14-18-4-2-12-23-18)15-19-5-3-13-24-19/h2-13H,14-15H2,1H3/b11-10+. The van der Waals surface area contributed by atoms with Crippen molar-refractivity contribution in [1.29, 1.82) is 0 Å². The first-order chi connectivity index (χ1) is 11.7. The van der Waals surface area contributed by atoms with E-state index in [0.717, 1.165) is 16.2 Å². The fourth-order valence-electron chi connectivity index (χ4n) is 2.34. The zero-order valence-corrected chi connectivity index (χ0v) is 14.3. The van der Waals surface area contributed by atoms with Crippen molar-refractivity contribution in [3.05, 3.63) is 88.0 Å². The van der Waals surface area contributed by atoms with Crippen LogP contribution in [0.5, 0.6) is 0 Å². The van der Waals surface area contributed by atoms with E-state index in [2.05, 4.69) is 0 Å². The molecule has 3 aromatic rings. The van der Waals surface area contributed by atoms with Gasteiger partial charge in [-0.15, -0.1) is 11.3 Å². The summed E-state index contributed by atoms with van der Waals surface area (Å²) in [6.45, 7) is 3.09. The quantitative estimate of drug-likeness (QED) is 0.600. The van der Waals surface area contributed by atoms with Crippen molar-refractivity contribution in [1.82, 2.24) is 4.90 Å². The van der Waals surface area contributed by atoms with Crippen molar-refractivity contribution in [3.8, 4) is 0 Å². The minimum Gasteiger partial charge on any atom is -0.467 e. The van der Waals surface area contributed by atoms with Crippen LogP contribution in [0.15, 0.2) is 70.7 Å². The van der Waals surface area contributed by atoms with E-state index >= 15 is 0 Å². The molecule has 0 aliphatic rings. The molecule has 0 fully saturated rings. The summed E-state index contributed by atoms with van der Waals surface area (Å²) in [6, 6.07) is 15.9. The van der Waals surface area contributed by atoms with Gasteiger partial charge >= 0.3 is 0 Å². The lowest BCUT2D eigenvalue weighted by atomic mass is 10.1.